The van der Waals surface area contributed by atoms with E-state index in [1.165, 1.54) is 19.2 Å². The van der Waals surface area contributed by atoms with Crippen LogP contribution in [-0.2, 0) is 6.54 Å². The Balaban J connectivity index is 2.06. The minimum absolute atomic E-state index is 0.111. The lowest BCUT2D eigenvalue weighted by atomic mass is 10.2. The Bertz CT molecular complexity index is 1100. The maximum Gasteiger partial charge on any atom is 0.295 e. The number of aliphatic hydroxyl groups is 3. The third-order valence-corrected chi connectivity index (χ3v) is 4.34. The average molecular weight is 436 g/mol. The minimum Gasteiger partial charge on any atom is -0.451 e. The fourth-order valence-corrected chi connectivity index (χ4v) is 2.97. The van der Waals surface area contributed by atoms with Crippen LogP contribution in [0.15, 0.2) is 35.3 Å². The summed E-state index contributed by atoms with van der Waals surface area (Å²) in [6.45, 7) is 0.942. The predicted octanol–water partition coefficient (Wildman–Crippen LogP) is 1.40. The highest BCUT2D eigenvalue weighted by atomic mass is 19.1. The van der Waals surface area contributed by atoms with E-state index in [2.05, 4.69) is 15.3 Å². The van der Waals surface area contributed by atoms with Crippen LogP contribution in [0.5, 0.6) is 11.5 Å². The van der Waals surface area contributed by atoms with Gasteiger partial charge in [0.05, 0.1) is 25.3 Å². The molecule has 166 valence electrons. The molecule has 1 aromatic carbocycles. The third-order valence-electron chi connectivity index (χ3n) is 4.34. The zero-order chi connectivity index (χ0) is 22.5. The average Bonchev–Trinajstić information content (AvgIpc) is 2.70. The van der Waals surface area contributed by atoms with Crippen molar-refractivity contribution >= 4 is 17.0 Å². The second-order valence-electron chi connectivity index (χ2n) is 6.99. The van der Waals surface area contributed by atoms with Crippen LogP contribution in [0.1, 0.15) is 13.3 Å². The normalized spacial score (nSPS) is 13.2. The highest BCUT2D eigenvalue weighted by molar-refractivity contribution is 5.77. The molecule has 0 aliphatic rings. The van der Waals surface area contributed by atoms with E-state index in [1.54, 1.807) is 0 Å². The van der Waals surface area contributed by atoms with Crippen molar-refractivity contribution in [1.29, 1.82) is 0 Å². The summed E-state index contributed by atoms with van der Waals surface area (Å²) in [5.74, 6) is -2.04. The topological polar surface area (TPSA) is 130 Å². The van der Waals surface area contributed by atoms with Gasteiger partial charge in [-0.2, -0.15) is 4.98 Å². The molecular weight excluding hydrogens is 414 g/mol. The molecule has 0 saturated heterocycles. The molecule has 0 amide bonds. The summed E-state index contributed by atoms with van der Waals surface area (Å²) in [7, 11) is 0. The minimum atomic E-state index is -0.909. The molecule has 0 fully saturated rings. The Labute approximate surface area is 175 Å². The number of ether oxygens (including phenoxy) is 1. The first-order valence-corrected chi connectivity index (χ1v) is 9.51. The summed E-state index contributed by atoms with van der Waals surface area (Å²) in [5, 5.41) is 31.5. The van der Waals surface area contributed by atoms with Crippen molar-refractivity contribution in [2.75, 3.05) is 18.5 Å². The van der Waals surface area contributed by atoms with Crippen LogP contribution < -0.4 is 15.6 Å². The number of aromatic nitrogens is 3. The van der Waals surface area contributed by atoms with Crippen LogP contribution in [0.3, 0.4) is 0 Å². The zero-order valence-electron chi connectivity index (χ0n) is 16.6. The molecule has 0 aliphatic carbocycles. The van der Waals surface area contributed by atoms with Crippen LogP contribution in [0, 0.1) is 11.6 Å². The smallest absolute Gasteiger partial charge is 0.295 e. The summed E-state index contributed by atoms with van der Waals surface area (Å²) in [4.78, 5) is 21.4. The largest absolute Gasteiger partial charge is 0.451 e. The zero-order valence-corrected chi connectivity index (χ0v) is 16.6. The molecule has 31 heavy (non-hydrogen) atoms. The van der Waals surface area contributed by atoms with E-state index in [4.69, 9.17) is 9.84 Å². The molecule has 0 saturated carbocycles. The first-order valence-electron chi connectivity index (χ1n) is 9.51. The number of aliphatic hydroxyl groups excluding tert-OH is 3. The monoisotopic (exact) mass is 436 g/mol. The molecule has 0 unspecified atom stereocenters. The Kier molecular flexibility index (Phi) is 7.10. The van der Waals surface area contributed by atoms with E-state index in [9.17, 15) is 23.8 Å². The van der Waals surface area contributed by atoms with E-state index in [0.717, 1.165) is 16.7 Å². The summed E-state index contributed by atoms with van der Waals surface area (Å²) in [6, 6.07) is 3.39. The number of hydrogen-bond donors (Lipinski definition) is 4. The Morgan fingerprint density at radius 3 is 2.52 bits per heavy atom. The van der Waals surface area contributed by atoms with E-state index < -0.39 is 29.3 Å². The van der Waals surface area contributed by atoms with Crippen molar-refractivity contribution in [3.05, 3.63) is 52.5 Å². The molecular formula is C20H22F2N4O5. The van der Waals surface area contributed by atoms with Gasteiger partial charge in [0, 0.05) is 36.4 Å². The molecule has 0 bridgehead atoms. The van der Waals surface area contributed by atoms with Crippen LogP contribution in [-0.4, -0.2) is 55.2 Å². The van der Waals surface area contributed by atoms with Crippen molar-refractivity contribution in [1.82, 2.24) is 14.5 Å². The SMILES string of the molecule is C[C@H](O)Cn1c(=O)c(Oc2cc(F)cc(F)c2)cc2cnc(N[C@H](CO)CCO)nc21. The number of halogens is 2. The van der Waals surface area contributed by atoms with Crippen molar-refractivity contribution < 1.29 is 28.8 Å². The van der Waals surface area contributed by atoms with Gasteiger partial charge in [-0.1, -0.05) is 0 Å². The number of hydrogen-bond acceptors (Lipinski definition) is 8. The number of nitrogens with zero attached hydrogens (tertiary/aromatic N) is 3. The summed E-state index contributed by atoms with van der Waals surface area (Å²) in [6.07, 6.45) is 0.749. The van der Waals surface area contributed by atoms with Gasteiger partial charge in [0.2, 0.25) is 5.95 Å². The fraction of sp³-hybridized carbons (Fsp3) is 0.350. The molecule has 2 heterocycles. The number of nitrogens with one attached hydrogen (secondary N) is 1. The Morgan fingerprint density at radius 2 is 1.90 bits per heavy atom. The van der Waals surface area contributed by atoms with Crippen LogP contribution in [0.2, 0.25) is 0 Å². The van der Waals surface area contributed by atoms with Gasteiger partial charge in [-0.15, -0.1) is 0 Å². The molecule has 2 atom stereocenters. The molecule has 0 radical (unpaired) electrons. The molecule has 3 aromatic rings. The lowest BCUT2D eigenvalue weighted by Crippen LogP contribution is -2.28. The molecule has 0 spiro atoms. The molecule has 4 N–H and O–H groups in total. The summed E-state index contributed by atoms with van der Waals surface area (Å²) in [5.41, 5.74) is -0.487. The van der Waals surface area contributed by atoms with Crippen molar-refractivity contribution in [2.45, 2.75) is 32.0 Å². The van der Waals surface area contributed by atoms with Gasteiger partial charge in [0.25, 0.3) is 5.56 Å². The molecule has 3 rings (SSSR count). The van der Waals surface area contributed by atoms with Gasteiger partial charge in [0.15, 0.2) is 5.75 Å². The van der Waals surface area contributed by atoms with E-state index in [0.29, 0.717) is 11.5 Å². The van der Waals surface area contributed by atoms with E-state index >= 15 is 0 Å². The molecule has 11 heteroatoms. The van der Waals surface area contributed by atoms with Gasteiger partial charge >= 0.3 is 0 Å². The van der Waals surface area contributed by atoms with Crippen LogP contribution in [0.4, 0.5) is 14.7 Å². The molecule has 0 aliphatic heterocycles. The van der Waals surface area contributed by atoms with Crippen LogP contribution >= 0.6 is 0 Å². The first kappa shape index (κ1) is 22.5. The quantitative estimate of drug-likeness (QED) is 0.396. The van der Waals surface area contributed by atoms with Crippen molar-refractivity contribution in [2.24, 2.45) is 0 Å². The van der Waals surface area contributed by atoms with E-state index in [1.807, 2.05) is 0 Å². The summed E-state index contributed by atoms with van der Waals surface area (Å²) < 4.78 is 33.5. The number of pyridine rings is 1. The van der Waals surface area contributed by atoms with Gasteiger partial charge in [-0.3, -0.25) is 9.36 Å². The highest BCUT2D eigenvalue weighted by Crippen LogP contribution is 2.24. The maximum absolute atomic E-state index is 13.5. The lowest BCUT2D eigenvalue weighted by molar-refractivity contribution is 0.173. The summed E-state index contributed by atoms with van der Waals surface area (Å²) >= 11 is 0. The van der Waals surface area contributed by atoms with Crippen molar-refractivity contribution in [3.8, 4) is 11.5 Å². The number of benzene rings is 1. The van der Waals surface area contributed by atoms with Gasteiger partial charge in [-0.05, 0) is 19.4 Å². The number of fused-ring (bicyclic) bond motifs is 1. The maximum atomic E-state index is 13.5. The Hall–Kier alpha value is -3.15. The number of anilines is 1. The predicted molar refractivity (Wildman–Crippen MR) is 108 cm³/mol. The lowest BCUT2D eigenvalue weighted by Gasteiger charge is -2.17. The third kappa shape index (κ3) is 5.51. The van der Waals surface area contributed by atoms with E-state index in [-0.39, 0.29) is 49.3 Å². The number of rotatable bonds is 9. The second-order valence-corrected chi connectivity index (χ2v) is 6.99. The van der Waals surface area contributed by atoms with Crippen molar-refractivity contribution in [3.63, 3.8) is 0 Å². The van der Waals surface area contributed by atoms with Crippen LogP contribution in [0.25, 0.3) is 11.0 Å². The Morgan fingerprint density at radius 1 is 1.19 bits per heavy atom. The standard InChI is InChI=1S/C20H22F2N4O5/c1-11(29)9-26-18-12(8-23-20(25-18)24-15(10-28)2-3-27)4-17(19(26)30)31-16-6-13(21)5-14(22)7-16/h4-8,11,15,27-29H,2-3,9-10H2,1H3,(H,23,24,25)/t11-,15-/m0/s1. The first-order chi connectivity index (χ1) is 14.8. The highest BCUT2D eigenvalue weighted by Gasteiger charge is 2.17. The van der Waals surface area contributed by atoms with Gasteiger partial charge in [-0.25, -0.2) is 13.8 Å². The second kappa shape index (κ2) is 9.77. The van der Waals surface area contributed by atoms with Gasteiger partial charge in [0.1, 0.15) is 23.0 Å². The molecule has 9 nitrogen and oxygen atoms in total. The fourth-order valence-electron chi connectivity index (χ4n) is 2.97. The van der Waals surface area contributed by atoms with Gasteiger partial charge < -0.3 is 25.4 Å². The molecule has 2 aromatic heterocycles.